The van der Waals surface area contributed by atoms with Gasteiger partial charge in [0.2, 0.25) is 0 Å². The lowest BCUT2D eigenvalue weighted by Crippen LogP contribution is -2.14. The highest BCUT2D eigenvalue weighted by atomic mass is 16.5. The summed E-state index contributed by atoms with van der Waals surface area (Å²) in [6.07, 6.45) is 0. The zero-order chi connectivity index (χ0) is 16.4. The first-order chi connectivity index (χ1) is 11.2. The van der Waals surface area contributed by atoms with Gasteiger partial charge in [-0.05, 0) is 36.2 Å². The van der Waals surface area contributed by atoms with Crippen molar-refractivity contribution < 1.29 is 9.47 Å². The molecule has 0 aliphatic heterocycles. The van der Waals surface area contributed by atoms with Crippen LogP contribution in [0.15, 0.2) is 42.5 Å². The Balaban J connectivity index is 2.14. The van der Waals surface area contributed by atoms with Gasteiger partial charge in [-0.2, -0.15) is 0 Å². The third-order valence-electron chi connectivity index (χ3n) is 4.34. The lowest BCUT2D eigenvalue weighted by Gasteiger charge is -2.18. The lowest BCUT2D eigenvalue weighted by atomic mass is 9.89. The second-order valence-corrected chi connectivity index (χ2v) is 5.61. The number of para-hydroxylation sites is 1. The summed E-state index contributed by atoms with van der Waals surface area (Å²) >= 11 is 0. The fourth-order valence-electron chi connectivity index (χ4n) is 3.24. The maximum atomic E-state index is 6.13. The minimum Gasteiger partial charge on any atom is -0.493 e. The van der Waals surface area contributed by atoms with E-state index >= 15 is 0 Å². The van der Waals surface area contributed by atoms with Crippen LogP contribution in [0.2, 0.25) is 0 Å². The van der Waals surface area contributed by atoms with E-state index in [-0.39, 0.29) is 5.92 Å². The number of ether oxygens (including phenoxy) is 2. The minimum absolute atomic E-state index is 0.103. The Labute approximate surface area is 136 Å². The van der Waals surface area contributed by atoms with Crippen molar-refractivity contribution >= 4 is 10.9 Å². The van der Waals surface area contributed by atoms with Gasteiger partial charge in [-0.3, -0.25) is 0 Å². The summed E-state index contributed by atoms with van der Waals surface area (Å²) in [6.45, 7) is 2.62. The van der Waals surface area contributed by atoms with E-state index in [0.717, 1.165) is 28.3 Å². The van der Waals surface area contributed by atoms with Crippen LogP contribution in [0.1, 0.15) is 22.7 Å². The normalized spacial score (nSPS) is 12.3. The van der Waals surface area contributed by atoms with Crippen LogP contribution < -0.4 is 15.2 Å². The molecule has 23 heavy (non-hydrogen) atoms. The second kappa shape index (κ2) is 6.34. The molecular formula is C19H22N2O2. The Bertz CT molecular complexity index is 823. The van der Waals surface area contributed by atoms with Crippen LogP contribution in [0.25, 0.3) is 10.9 Å². The minimum atomic E-state index is 0.103. The summed E-state index contributed by atoms with van der Waals surface area (Å²) < 4.78 is 10.8. The van der Waals surface area contributed by atoms with Gasteiger partial charge in [-0.25, -0.2) is 0 Å². The van der Waals surface area contributed by atoms with Crippen LogP contribution >= 0.6 is 0 Å². The molecule has 0 saturated heterocycles. The molecule has 4 heteroatoms. The predicted octanol–water partition coefficient (Wildman–Crippen LogP) is 3.58. The van der Waals surface area contributed by atoms with Crippen molar-refractivity contribution in [2.75, 3.05) is 20.8 Å². The number of methoxy groups -OCH3 is 2. The summed E-state index contributed by atoms with van der Waals surface area (Å²) in [5.74, 6) is 1.55. The average molecular weight is 310 g/mol. The van der Waals surface area contributed by atoms with E-state index in [1.165, 1.54) is 10.9 Å². The summed E-state index contributed by atoms with van der Waals surface area (Å²) in [4.78, 5) is 3.45. The maximum absolute atomic E-state index is 6.13. The number of rotatable bonds is 5. The quantitative estimate of drug-likeness (QED) is 0.757. The molecule has 0 saturated carbocycles. The van der Waals surface area contributed by atoms with Crippen LogP contribution in [-0.4, -0.2) is 25.7 Å². The van der Waals surface area contributed by atoms with Gasteiger partial charge in [0, 0.05) is 29.1 Å². The molecule has 3 N–H and O–H groups in total. The molecule has 0 radical (unpaired) electrons. The number of hydrogen-bond acceptors (Lipinski definition) is 3. The number of aryl methyl sites for hydroxylation is 1. The first kappa shape index (κ1) is 15.4. The van der Waals surface area contributed by atoms with Crippen molar-refractivity contribution in [1.82, 2.24) is 4.98 Å². The molecule has 0 amide bonds. The number of nitrogens with one attached hydrogen (secondary N) is 1. The Morgan fingerprint density at radius 2 is 1.78 bits per heavy atom. The molecule has 1 unspecified atom stereocenters. The van der Waals surface area contributed by atoms with Crippen molar-refractivity contribution in [3.05, 3.63) is 59.3 Å². The van der Waals surface area contributed by atoms with Crippen molar-refractivity contribution in [1.29, 1.82) is 0 Å². The largest absolute Gasteiger partial charge is 0.493 e. The Hall–Kier alpha value is -2.46. The smallest absolute Gasteiger partial charge is 0.161 e. The number of hydrogen-bond donors (Lipinski definition) is 2. The molecule has 1 aromatic heterocycles. The van der Waals surface area contributed by atoms with Crippen molar-refractivity contribution in [3.63, 3.8) is 0 Å². The second-order valence-electron chi connectivity index (χ2n) is 5.61. The van der Waals surface area contributed by atoms with Gasteiger partial charge in [0.15, 0.2) is 11.5 Å². The van der Waals surface area contributed by atoms with E-state index in [1.807, 2.05) is 18.2 Å². The van der Waals surface area contributed by atoms with Crippen molar-refractivity contribution in [3.8, 4) is 11.5 Å². The summed E-state index contributed by atoms with van der Waals surface area (Å²) in [5, 5.41) is 1.22. The van der Waals surface area contributed by atoms with Gasteiger partial charge < -0.3 is 20.2 Å². The van der Waals surface area contributed by atoms with Crippen LogP contribution in [0.5, 0.6) is 11.5 Å². The molecule has 0 aliphatic rings. The van der Waals surface area contributed by atoms with Gasteiger partial charge in [0.25, 0.3) is 0 Å². The number of aromatic amines is 1. The van der Waals surface area contributed by atoms with Crippen LogP contribution in [0.4, 0.5) is 0 Å². The van der Waals surface area contributed by atoms with E-state index in [2.05, 4.69) is 36.2 Å². The first-order valence-electron chi connectivity index (χ1n) is 7.68. The van der Waals surface area contributed by atoms with Crippen LogP contribution in [-0.2, 0) is 0 Å². The van der Waals surface area contributed by atoms with E-state index in [0.29, 0.717) is 6.54 Å². The fourth-order valence-corrected chi connectivity index (χ4v) is 3.24. The number of benzene rings is 2. The van der Waals surface area contributed by atoms with Gasteiger partial charge >= 0.3 is 0 Å². The molecule has 0 fully saturated rings. The molecule has 0 bridgehead atoms. The van der Waals surface area contributed by atoms with Crippen LogP contribution in [0, 0.1) is 6.92 Å². The Morgan fingerprint density at radius 3 is 2.48 bits per heavy atom. The third kappa shape index (κ3) is 2.66. The topological polar surface area (TPSA) is 60.3 Å². The zero-order valence-electron chi connectivity index (χ0n) is 13.7. The Kier molecular flexibility index (Phi) is 4.26. The molecule has 120 valence electrons. The number of H-pyrrole nitrogens is 1. The molecule has 3 rings (SSSR count). The van der Waals surface area contributed by atoms with Crippen molar-refractivity contribution in [2.45, 2.75) is 12.8 Å². The highest BCUT2D eigenvalue weighted by Crippen LogP contribution is 2.36. The highest BCUT2D eigenvalue weighted by Gasteiger charge is 2.20. The molecule has 0 spiro atoms. The van der Waals surface area contributed by atoms with Gasteiger partial charge in [-0.1, -0.05) is 24.3 Å². The van der Waals surface area contributed by atoms with E-state index in [1.54, 1.807) is 14.2 Å². The number of aromatic nitrogens is 1. The molecule has 0 aliphatic carbocycles. The summed E-state index contributed by atoms with van der Waals surface area (Å²) in [7, 11) is 3.29. The molecule has 2 aromatic carbocycles. The van der Waals surface area contributed by atoms with Gasteiger partial charge in [0.1, 0.15) is 0 Å². The molecule has 4 nitrogen and oxygen atoms in total. The number of nitrogens with two attached hydrogens (primary N) is 1. The van der Waals surface area contributed by atoms with Crippen molar-refractivity contribution in [2.24, 2.45) is 5.73 Å². The lowest BCUT2D eigenvalue weighted by molar-refractivity contribution is 0.354. The molecule has 3 aromatic rings. The van der Waals surface area contributed by atoms with E-state index in [9.17, 15) is 0 Å². The molecule has 1 heterocycles. The SMILES string of the molecule is COc1ccc(C(CN)c2c(C)[nH]c3ccccc23)cc1OC. The van der Waals surface area contributed by atoms with Crippen LogP contribution in [0.3, 0.4) is 0 Å². The Morgan fingerprint density at radius 1 is 1.04 bits per heavy atom. The zero-order valence-corrected chi connectivity index (χ0v) is 13.7. The van der Waals surface area contributed by atoms with Gasteiger partial charge in [-0.15, -0.1) is 0 Å². The van der Waals surface area contributed by atoms with E-state index < -0.39 is 0 Å². The summed E-state index contributed by atoms with van der Waals surface area (Å²) in [6, 6.07) is 14.3. The number of fused-ring (bicyclic) bond motifs is 1. The predicted molar refractivity (Wildman–Crippen MR) is 93.5 cm³/mol. The third-order valence-corrected chi connectivity index (χ3v) is 4.34. The fraction of sp³-hybridized carbons (Fsp3) is 0.263. The average Bonchev–Trinajstić information content (AvgIpc) is 2.92. The van der Waals surface area contributed by atoms with E-state index in [4.69, 9.17) is 15.2 Å². The molecule has 1 atom stereocenters. The summed E-state index contributed by atoms with van der Waals surface area (Å²) in [5.41, 5.74) is 10.8. The van der Waals surface area contributed by atoms with Gasteiger partial charge in [0.05, 0.1) is 14.2 Å². The highest BCUT2D eigenvalue weighted by molar-refractivity contribution is 5.85. The maximum Gasteiger partial charge on any atom is 0.161 e. The standard InChI is InChI=1S/C19H22N2O2/c1-12-19(14-6-4-5-7-16(14)21-12)15(11-20)13-8-9-17(22-2)18(10-13)23-3/h4-10,15,21H,11,20H2,1-3H3. The first-order valence-corrected chi connectivity index (χ1v) is 7.68. The monoisotopic (exact) mass is 310 g/mol. The molecular weight excluding hydrogens is 288 g/mol.